The summed E-state index contributed by atoms with van der Waals surface area (Å²) in [5.74, 6) is -1.09. The van der Waals surface area contributed by atoms with E-state index in [0.717, 1.165) is 5.56 Å². The van der Waals surface area contributed by atoms with Crippen LogP contribution in [0.15, 0.2) is 28.8 Å². The first-order valence-corrected chi connectivity index (χ1v) is 8.47. The Hall–Kier alpha value is -2.58. The van der Waals surface area contributed by atoms with Gasteiger partial charge in [-0.2, -0.15) is 18.2 Å². The molecule has 0 radical (unpaired) electrons. The summed E-state index contributed by atoms with van der Waals surface area (Å²) >= 11 is 0. The summed E-state index contributed by atoms with van der Waals surface area (Å²) in [6.07, 6.45) is -2.39. The van der Waals surface area contributed by atoms with Crippen LogP contribution in [0.4, 0.5) is 13.2 Å². The number of amides is 1. The molecular formula is C18H22F3N3O3. The van der Waals surface area contributed by atoms with Gasteiger partial charge in [0.2, 0.25) is 5.91 Å². The number of aromatic nitrogens is 2. The molecule has 9 heteroatoms. The van der Waals surface area contributed by atoms with Crippen LogP contribution in [0, 0.1) is 5.41 Å². The molecule has 1 unspecified atom stereocenters. The molecule has 6 nitrogen and oxygen atoms in total. The van der Waals surface area contributed by atoms with Crippen LogP contribution >= 0.6 is 0 Å². The number of alkyl halides is 3. The van der Waals surface area contributed by atoms with Crippen LogP contribution in [-0.4, -0.2) is 23.2 Å². The second-order valence-corrected chi connectivity index (χ2v) is 6.67. The highest BCUT2D eigenvalue weighted by Crippen LogP contribution is 2.31. The van der Waals surface area contributed by atoms with E-state index in [-0.39, 0.29) is 12.2 Å². The van der Waals surface area contributed by atoms with Gasteiger partial charge in [0, 0.05) is 6.42 Å². The minimum absolute atomic E-state index is 0.00380. The SMILES string of the molecule is COc1cccc(CC(C)(CCCCc2noc(C(F)(F)F)n2)C(N)=O)c1. The minimum atomic E-state index is -4.65. The fourth-order valence-corrected chi connectivity index (χ4v) is 2.80. The van der Waals surface area contributed by atoms with Gasteiger partial charge in [0.1, 0.15) is 5.75 Å². The predicted molar refractivity (Wildman–Crippen MR) is 90.9 cm³/mol. The minimum Gasteiger partial charge on any atom is -0.497 e. The zero-order valence-corrected chi connectivity index (χ0v) is 15.2. The van der Waals surface area contributed by atoms with E-state index in [1.807, 2.05) is 24.3 Å². The maximum absolute atomic E-state index is 12.4. The van der Waals surface area contributed by atoms with E-state index in [1.54, 1.807) is 14.0 Å². The molecule has 2 aromatic rings. The predicted octanol–water partition coefficient (Wildman–Crippen LogP) is 3.54. The molecule has 27 heavy (non-hydrogen) atoms. The summed E-state index contributed by atoms with van der Waals surface area (Å²) in [7, 11) is 1.56. The molecule has 0 saturated heterocycles. The van der Waals surface area contributed by atoms with Crippen LogP contribution in [-0.2, 0) is 23.8 Å². The van der Waals surface area contributed by atoms with E-state index in [0.29, 0.717) is 31.4 Å². The lowest BCUT2D eigenvalue weighted by molar-refractivity contribution is -0.159. The first kappa shape index (κ1) is 20.7. The second-order valence-electron chi connectivity index (χ2n) is 6.67. The van der Waals surface area contributed by atoms with Crippen molar-refractivity contribution < 1.29 is 27.2 Å². The molecule has 1 atom stereocenters. The molecule has 0 fully saturated rings. The highest BCUT2D eigenvalue weighted by atomic mass is 19.4. The van der Waals surface area contributed by atoms with Gasteiger partial charge in [-0.25, -0.2) is 0 Å². The monoisotopic (exact) mass is 385 g/mol. The third-order valence-corrected chi connectivity index (χ3v) is 4.41. The molecular weight excluding hydrogens is 363 g/mol. The second kappa shape index (κ2) is 8.41. The Morgan fingerprint density at radius 3 is 2.63 bits per heavy atom. The lowest BCUT2D eigenvalue weighted by atomic mass is 9.78. The molecule has 0 aliphatic carbocycles. The quantitative estimate of drug-likeness (QED) is 0.667. The number of methoxy groups -OCH3 is 1. The van der Waals surface area contributed by atoms with E-state index in [4.69, 9.17) is 10.5 Å². The number of carbonyl (C=O) groups is 1. The van der Waals surface area contributed by atoms with Gasteiger partial charge in [0.25, 0.3) is 0 Å². The van der Waals surface area contributed by atoms with E-state index in [9.17, 15) is 18.0 Å². The molecule has 148 valence electrons. The van der Waals surface area contributed by atoms with Gasteiger partial charge in [-0.15, -0.1) is 0 Å². The number of ether oxygens (including phenoxy) is 1. The van der Waals surface area contributed by atoms with E-state index >= 15 is 0 Å². The molecule has 1 aromatic carbocycles. The van der Waals surface area contributed by atoms with Gasteiger partial charge in [0.15, 0.2) is 5.82 Å². The van der Waals surface area contributed by atoms with Crippen LogP contribution in [0.5, 0.6) is 5.75 Å². The molecule has 1 heterocycles. The van der Waals surface area contributed by atoms with Crippen LogP contribution in [0.2, 0.25) is 0 Å². The van der Waals surface area contributed by atoms with Crippen molar-refractivity contribution in [2.24, 2.45) is 11.1 Å². The summed E-state index contributed by atoms with van der Waals surface area (Å²) in [4.78, 5) is 15.3. The number of primary amides is 1. The Morgan fingerprint density at radius 1 is 1.30 bits per heavy atom. The normalized spacial score (nSPS) is 14.0. The lowest BCUT2D eigenvalue weighted by Crippen LogP contribution is -2.36. The fourth-order valence-electron chi connectivity index (χ4n) is 2.80. The summed E-state index contributed by atoms with van der Waals surface area (Å²) in [5.41, 5.74) is 5.74. The molecule has 2 rings (SSSR count). The first-order chi connectivity index (χ1) is 12.6. The molecule has 0 aliphatic heterocycles. The molecule has 0 spiro atoms. The molecule has 0 bridgehead atoms. The molecule has 1 amide bonds. The third kappa shape index (κ3) is 5.70. The maximum atomic E-state index is 12.4. The number of rotatable bonds is 9. The van der Waals surface area contributed by atoms with Crippen molar-refractivity contribution in [1.82, 2.24) is 10.1 Å². The Morgan fingerprint density at radius 2 is 2.04 bits per heavy atom. The van der Waals surface area contributed by atoms with Gasteiger partial charge < -0.3 is 15.0 Å². The zero-order valence-electron chi connectivity index (χ0n) is 15.2. The average Bonchev–Trinajstić information content (AvgIpc) is 3.08. The summed E-state index contributed by atoms with van der Waals surface area (Å²) in [5, 5.41) is 3.33. The number of carbonyl (C=O) groups excluding carboxylic acids is 1. The van der Waals surface area contributed by atoms with Crippen molar-refractivity contribution in [2.75, 3.05) is 7.11 Å². The molecule has 0 saturated carbocycles. The first-order valence-electron chi connectivity index (χ1n) is 8.47. The van der Waals surface area contributed by atoms with Crippen molar-refractivity contribution in [1.29, 1.82) is 0 Å². The number of unbranched alkanes of at least 4 members (excludes halogenated alkanes) is 1. The third-order valence-electron chi connectivity index (χ3n) is 4.41. The Kier molecular flexibility index (Phi) is 6.45. The number of hydrogen-bond acceptors (Lipinski definition) is 5. The van der Waals surface area contributed by atoms with Crippen molar-refractivity contribution >= 4 is 5.91 Å². The van der Waals surface area contributed by atoms with Crippen LogP contribution in [0.3, 0.4) is 0 Å². The van der Waals surface area contributed by atoms with Crippen LogP contribution in [0.1, 0.15) is 43.5 Å². The smallest absolute Gasteiger partial charge is 0.471 e. The summed E-state index contributed by atoms with van der Waals surface area (Å²) in [6, 6.07) is 7.39. The van der Waals surface area contributed by atoms with Gasteiger partial charge in [-0.05, 0) is 37.0 Å². The van der Waals surface area contributed by atoms with E-state index < -0.39 is 23.4 Å². The van der Waals surface area contributed by atoms with Gasteiger partial charge >= 0.3 is 12.1 Å². The highest BCUT2D eigenvalue weighted by molar-refractivity contribution is 5.80. The van der Waals surface area contributed by atoms with Gasteiger partial charge in [-0.3, -0.25) is 4.79 Å². The average molecular weight is 385 g/mol. The molecule has 1 aromatic heterocycles. The largest absolute Gasteiger partial charge is 0.497 e. The number of nitrogens with zero attached hydrogens (tertiary/aromatic N) is 2. The van der Waals surface area contributed by atoms with Crippen molar-refractivity contribution in [3.05, 3.63) is 41.5 Å². The number of benzene rings is 1. The molecule has 2 N–H and O–H groups in total. The lowest BCUT2D eigenvalue weighted by Gasteiger charge is -2.26. The standard InChI is InChI=1S/C18H22F3N3O3/c1-17(15(22)25,11-12-6-5-7-13(10-12)26-2)9-4-3-8-14-23-16(27-24-14)18(19,20)21/h5-7,10H,3-4,8-9,11H2,1-2H3,(H2,22,25). The Bertz CT molecular complexity index is 776. The van der Waals surface area contributed by atoms with E-state index in [1.165, 1.54) is 0 Å². The Labute approximate surface area is 154 Å². The van der Waals surface area contributed by atoms with Gasteiger partial charge in [-0.1, -0.05) is 30.6 Å². The maximum Gasteiger partial charge on any atom is 0.471 e. The van der Waals surface area contributed by atoms with Crippen molar-refractivity contribution in [3.8, 4) is 5.75 Å². The van der Waals surface area contributed by atoms with Crippen molar-refractivity contribution in [2.45, 2.75) is 45.2 Å². The van der Waals surface area contributed by atoms with Crippen LogP contribution < -0.4 is 10.5 Å². The fraction of sp³-hybridized carbons (Fsp3) is 0.500. The number of nitrogens with two attached hydrogens (primary N) is 1. The summed E-state index contributed by atoms with van der Waals surface area (Å²) < 4.78 is 46.7. The van der Waals surface area contributed by atoms with Crippen molar-refractivity contribution in [3.63, 3.8) is 0 Å². The topological polar surface area (TPSA) is 91.2 Å². The number of halogens is 3. The molecule has 0 aliphatic rings. The highest BCUT2D eigenvalue weighted by Gasteiger charge is 2.38. The Balaban J connectivity index is 1.92. The van der Waals surface area contributed by atoms with Crippen LogP contribution in [0.25, 0.3) is 0 Å². The number of hydrogen-bond donors (Lipinski definition) is 1. The number of aryl methyl sites for hydroxylation is 1. The zero-order chi connectivity index (χ0) is 20.1. The van der Waals surface area contributed by atoms with Gasteiger partial charge in [0.05, 0.1) is 12.5 Å². The summed E-state index contributed by atoms with van der Waals surface area (Å²) in [6.45, 7) is 1.78. The van der Waals surface area contributed by atoms with E-state index in [2.05, 4.69) is 14.7 Å².